The number of amidine groups is 1. The van der Waals surface area contributed by atoms with E-state index in [2.05, 4.69) is 14.2 Å². The van der Waals surface area contributed by atoms with Crippen LogP contribution in [0.5, 0.6) is 0 Å². The van der Waals surface area contributed by atoms with E-state index in [-0.39, 0.29) is 5.84 Å². The number of halogens is 1. The minimum atomic E-state index is 0.246. The second-order valence-corrected chi connectivity index (χ2v) is 3.89. The van der Waals surface area contributed by atoms with Gasteiger partial charge in [-0.2, -0.15) is 0 Å². The molecule has 14 heavy (non-hydrogen) atoms. The molecule has 0 amide bonds. The van der Waals surface area contributed by atoms with Crippen LogP contribution < -0.4 is 0 Å². The topological polar surface area (TPSA) is 36.2 Å². The van der Waals surface area contributed by atoms with Crippen molar-refractivity contribution < 1.29 is 0 Å². The second kappa shape index (κ2) is 5.23. The summed E-state index contributed by atoms with van der Waals surface area (Å²) in [6.45, 7) is 2.01. The van der Waals surface area contributed by atoms with Crippen molar-refractivity contribution in [1.29, 1.82) is 5.41 Å². The minimum Gasteiger partial charge on any atom is -0.282 e. The Labute approximate surface area is 91.1 Å². The van der Waals surface area contributed by atoms with Gasteiger partial charge >= 0.3 is 0 Å². The molecule has 0 fully saturated rings. The Morgan fingerprint density at radius 3 is 2.50 bits per heavy atom. The monoisotopic (exact) mass is 226 g/mol. The lowest BCUT2D eigenvalue weighted by Gasteiger charge is -2.00. The maximum atomic E-state index is 7.67. The minimum absolute atomic E-state index is 0.246. The highest BCUT2D eigenvalue weighted by Gasteiger charge is 1.99. The predicted molar refractivity (Wildman–Crippen MR) is 65.9 cm³/mol. The van der Waals surface area contributed by atoms with Crippen LogP contribution in [-0.4, -0.2) is 17.2 Å². The first-order valence-corrected chi connectivity index (χ1v) is 5.29. The number of aryl methyl sites for hydroxylation is 1. The lowest BCUT2D eigenvalue weighted by molar-refractivity contribution is 1.40. The Morgan fingerprint density at radius 2 is 2.00 bits per heavy atom. The fourth-order valence-electron chi connectivity index (χ4n) is 0.949. The molecule has 0 heterocycles. The quantitative estimate of drug-likeness (QED) is 0.349. The van der Waals surface area contributed by atoms with Crippen LogP contribution in [-0.2, 0) is 0 Å². The van der Waals surface area contributed by atoms with Crippen LogP contribution >= 0.6 is 20.8 Å². The van der Waals surface area contributed by atoms with Gasteiger partial charge in [0, 0.05) is 5.56 Å². The summed E-state index contributed by atoms with van der Waals surface area (Å²) in [6.07, 6.45) is 0. The molecule has 74 valence electrons. The summed E-state index contributed by atoms with van der Waals surface area (Å²) in [6, 6.07) is 7.69. The van der Waals surface area contributed by atoms with Crippen molar-refractivity contribution in [1.82, 2.24) is 0 Å². The van der Waals surface area contributed by atoms with Gasteiger partial charge in [0.25, 0.3) is 0 Å². The first-order chi connectivity index (χ1) is 6.63. The van der Waals surface area contributed by atoms with Crippen LogP contribution in [0.3, 0.4) is 0 Å². The van der Waals surface area contributed by atoms with Gasteiger partial charge in [0.15, 0.2) is 5.84 Å². The van der Waals surface area contributed by atoms with Crippen LogP contribution in [0, 0.1) is 12.3 Å². The highest BCUT2D eigenvalue weighted by molar-refractivity contribution is 7.41. The molecule has 4 heteroatoms. The maximum Gasteiger partial charge on any atom is 0.152 e. The number of nitrogens with zero attached hydrogens (tertiary/aromatic N) is 1. The molecule has 0 aliphatic carbocycles. The van der Waals surface area contributed by atoms with Gasteiger partial charge in [-0.05, 0) is 6.92 Å². The van der Waals surface area contributed by atoms with Crippen molar-refractivity contribution in [3.8, 4) is 0 Å². The lowest BCUT2D eigenvalue weighted by Crippen LogP contribution is -1.99. The van der Waals surface area contributed by atoms with Crippen LogP contribution in [0.15, 0.2) is 29.3 Å². The smallest absolute Gasteiger partial charge is 0.152 e. The molecule has 1 aromatic carbocycles. The molecule has 1 rings (SSSR count). The molecule has 0 saturated heterocycles. The number of hydrogen-bond acceptors (Lipinski definition) is 1. The molecule has 1 N–H and O–H groups in total. The van der Waals surface area contributed by atoms with E-state index in [1.54, 1.807) is 0 Å². The summed E-state index contributed by atoms with van der Waals surface area (Å²) in [5, 5.41) is 7.67. The Morgan fingerprint density at radius 1 is 1.43 bits per heavy atom. The number of rotatable bonds is 2. The van der Waals surface area contributed by atoms with Crippen molar-refractivity contribution in [3.63, 3.8) is 0 Å². The molecule has 1 unspecified atom stereocenters. The fourth-order valence-corrected chi connectivity index (χ4v) is 1.14. The van der Waals surface area contributed by atoms with Gasteiger partial charge in [-0.25, -0.2) is 4.99 Å². The molecule has 1 aromatic rings. The molecule has 0 radical (unpaired) electrons. The average Bonchev–Trinajstić information content (AvgIpc) is 2.18. The standard InChI is InChI=1S/C10H12ClN2P/c1-7-2-4-8(5-3-7)10(12)13-9(14)6-11/h2-5,12H,6,14H2,1H3. The average molecular weight is 227 g/mol. The largest absolute Gasteiger partial charge is 0.282 e. The van der Waals surface area contributed by atoms with Crippen LogP contribution in [0.4, 0.5) is 0 Å². The SMILES string of the molecule is Cc1ccc(C(=N)N=C(P)CCl)cc1. The van der Waals surface area contributed by atoms with Gasteiger partial charge in [-0.15, -0.1) is 11.6 Å². The number of nitrogens with one attached hydrogen (secondary N) is 1. The Hall–Kier alpha value is -0.720. The van der Waals surface area contributed by atoms with Crippen LogP contribution in [0.2, 0.25) is 0 Å². The molecular formula is C10H12ClN2P. The maximum absolute atomic E-state index is 7.67. The van der Waals surface area contributed by atoms with Crippen molar-refractivity contribution in [3.05, 3.63) is 35.4 Å². The third-order valence-corrected chi connectivity index (χ3v) is 2.58. The van der Waals surface area contributed by atoms with Gasteiger partial charge in [-0.3, -0.25) is 5.41 Å². The lowest BCUT2D eigenvalue weighted by atomic mass is 10.1. The zero-order chi connectivity index (χ0) is 10.6. The van der Waals surface area contributed by atoms with E-state index in [9.17, 15) is 0 Å². The summed E-state index contributed by atoms with van der Waals surface area (Å²) in [5.74, 6) is 0.578. The Balaban J connectivity index is 2.85. The summed E-state index contributed by atoms with van der Waals surface area (Å²) in [4.78, 5) is 4.03. The van der Waals surface area contributed by atoms with Crippen molar-refractivity contribution in [2.24, 2.45) is 4.99 Å². The highest BCUT2D eigenvalue weighted by atomic mass is 35.5. The van der Waals surface area contributed by atoms with E-state index in [1.165, 1.54) is 5.56 Å². The zero-order valence-corrected chi connectivity index (χ0v) is 9.83. The Bertz CT molecular complexity index is 357. The number of alkyl halides is 1. The Kier molecular flexibility index (Phi) is 4.24. The predicted octanol–water partition coefficient (Wildman–Crippen LogP) is 2.83. The van der Waals surface area contributed by atoms with Gasteiger partial charge in [-0.1, -0.05) is 39.1 Å². The molecule has 0 bridgehead atoms. The van der Waals surface area contributed by atoms with Gasteiger partial charge in [0.05, 0.1) is 11.3 Å². The van der Waals surface area contributed by atoms with Gasteiger partial charge in [0.2, 0.25) is 0 Å². The van der Waals surface area contributed by atoms with Crippen LogP contribution in [0.25, 0.3) is 0 Å². The molecular weight excluding hydrogens is 215 g/mol. The van der Waals surface area contributed by atoms with Crippen molar-refractivity contribution >= 4 is 32.1 Å². The second-order valence-electron chi connectivity index (χ2n) is 2.95. The van der Waals surface area contributed by atoms with E-state index in [0.29, 0.717) is 11.3 Å². The molecule has 0 spiro atoms. The molecule has 2 nitrogen and oxygen atoms in total. The van der Waals surface area contributed by atoms with Crippen molar-refractivity contribution in [2.75, 3.05) is 5.88 Å². The molecule has 0 saturated carbocycles. The highest BCUT2D eigenvalue weighted by Crippen LogP contribution is 2.06. The van der Waals surface area contributed by atoms with E-state index in [0.717, 1.165) is 5.56 Å². The molecule has 0 aromatic heterocycles. The normalized spacial score (nSPS) is 11.5. The van der Waals surface area contributed by atoms with E-state index in [4.69, 9.17) is 17.0 Å². The van der Waals surface area contributed by atoms with E-state index < -0.39 is 0 Å². The van der Waals surface area contributed by atoms with E-state index in [1.807, 2.05) is 31.2 Å². The number of aliphatic imine (C=N–C) groups is 1. The first-order valence-electron chi connectivity index (χ1n) is 4.18. The summed E-state index contributed by atoms with van der Waals surface area (Å²) in [7, 11) is 2.42. The molecule has 0 aliphatic heterocycles. The zero-order valence-electron chi connectivity index (χ0n) is 7.92. The summed E-state index contributed by atoms with van der Waals surface area (Å²) >= 11 is 5.56. The van der Waals surface area contributed by atoms with Gasteiger partial charge in [0.1, 0.15) is 0 Å². The summed E-state index contributed by atoms with van der Waals surface area (Å²) < 4.78 is 0. The fraction of sp³-hybridized carbons (Fsp3) is 0.200. The third-order valence-electron chi connectivity index (χ3n) is 1.72. The van der Waals surface area contributed by atoms with Crippen LogP contribution in [0.1, 0.15) is 11.1 Å². The van der Waals surface area contributed by atoms with Gasteiger partial charge < -0.3 is 0 Å². The third kappa shape index (κ3) is 3.21. The van der Waals surface area contributed by atoms with E-state index >= 15 is 0 Å². The summed E-state index contributed by atoms with van der Waals surface area (Å²) in [5.41, 5.74) is 2.66. The molecule has 0 aliphatic rings. The number of benzene rings is 1. The number of hydrogen-bond donors (Lipinski definition) is 1. The molecule has 1 atom stereocenters. The first kappa shape index (κ1) is 11.4. The van der Waals surface area contributed by atoms with Crippen molar-refractivity contribution in [2.45, 2.75) is 6.92 Å².